The molecule has 0 fully saturated rings. The summed E-state index contributed by atoms with van der Waals surface area (Å²) in [5.41, 5.74) is 4.81. The number of nitrogens with one attached hydrogen (secondary N) is 1. The molecule has 0 unspecified atom stereocenters. The molecule has 2 aromatic rings. The van der Waals surface area contributed by atoms with E-state index in [4.69, 9.17) is 0 Å². The second kappa shape index (κ2) is 4.94. The molecular formula is C16H19N3S. The van der Waals surface area contributed by atoms with Gasteiger partial charge in [0.1, 0.15) is 0 Å². The topological polar surface area (TPSA) is 18.5 Å². The van der Waals surface area contributed by atoms with Crippen molar-refractivity contribution in [2.75, 3.05) is 43.3 Å². The Bertz CT molecular complexity index is 593. The molecule has 4 heteroatoms. The summed E-state index contributed by atoms with van der Waals surface area (Å²) in [7, 11) is 8.27. The van der Waals surface area contributed by atoms with Gasteiger partial charge in [-0.2, -0.15) is 0 Å². The van der Waals surface area contributed by atoms with Crippen molar-refractivity contribution in [2.45, 2.75) is 9.79 Å². The fourth-order valence-electron chi connectivity index (χ4n) is 2.22. The average Bonchev–Trinajstić information content (AvgIpc) is 2.43. The van der Waals surface area contributed by atoms with Crippen molar-refractivity contribution in [3.05, 3.63) is 36.4 Å². The van der Waals surface area contributed by atoms with Gasteiger partial charge in [0.25, 0.3) is 0 Å². The number of benzene rings is 2. The zero-order valence-corrected chi connectivity index (χ0v) is 13.1. The summed E-state index contributed by atoms with van der Waals surface area (Å²) in [5, 5.41) is 3.54. The Labute approximate surface area is 124 Å². The third kappa shape index (κ3) is 2.31. The molecule has 1 N–H and O–H groups in total. The largest absolute Gasteiger partial charge is 0.378 e. The molecule has 0 spiro atoms. The van der Waals surface area contributed by atoms with Crippen LogP contribution in [0.3, 0.4) is 0 Å². The molecule has 104 valence electrons. The number of hydrogen-bond acceptors (Lipinski definition) is 4. The Morgan fingerprint density at radius 3 is 2.10 bits per heavy atom. The molecule has 3 nitrogen and oxygen atoms in total. The van der Waals surface area contributed by atoms with E-state index >= 15 is 0 Å². The van der Waals surface area contributed by atoms with Crippen LogP contribution in [0.1, 0.15) is 0 Å². The van der Waals surface area contributed by atoms with Gasteiger partial charge in [0, 0.05) is 49.4 Å². The van der Waals surface area contributed by atoms with Crippen LogP contribution in [-0.2, 0) is 0 Å². The van der Waals surface area contributed by atoms with Gasteiger partial charge in [-0.3, -0.25) is 0 Å². The highest BCUT2D eigenvalue weighted by atomic mass is 32.2. The third-order valence-corrected chi connectivity index (χ3v) is 4.58. The highest BCUT2D eigenvalue weighted by Crippen LogP contribution is 2.46. The molecule has 1 heterocycles. The molecule has 3 rings (SSSR count). The van der Waals surface area contributed by atoms with Gasteiger partial charge in [0.15, 0.2) is 0 Å². The first-order valence-electron chi connectivity index (χ1n) is 6.62. The summed E-state index contributed by atoms with van der Waals surface area (Å²) < 4.78 is 0. The third-order valence-electron chi connectivity index (χ3n) is 3.45. The van der Waals surface area contributed by atoms with Crippen LogP contribution >= 0.6 is 11.8 Å². The van der Waals surface area contributed by atoms with Gasteiger partial charge in [-0.05, 0) is 36.4 Å². The van der Waals surface area contributed by atoms with Crippen molar-refractivity contribution in [1.82, 2.24) is 0 Å². The number of fused-ring (bicyclic) bond motifs is 2. The number of rotatable bonds is 2. The normalized spacial score (nSPS) is 12.2. The lowest BCUT2D eigenvalue weighted by Gasteiger charge is -2.24. The first-order chi connectivity index (χ1) is 9.54. The Hall–Kier alpha value is -1.81. The predicted octanol–water partition coefficient (Wildman–Crippen LogP) is 4.03. The molecule has 0 saturated heterocycles. The molecule has 0 aliphatic carbocycles. The smallest absolute Gasteiger partial charge is 0.0547 e. The van der Waals surface area contributed by atoms with E-state index in [1.165, 1.54) is 32.5 Å². The van der Waals surface area contributed by atoms with E-state index in [-0.39, 0.29) is 0 Å². The van der Waals surface area contributed by atoms with Gasteiger partial charge in [-0.15, -0.1) is 0 Å². The van der Waals surface area contributed by atoms with Gasteiger partial charge >= 0.3 is 0 Å². The van der Waals surface area contributed by atoms with Crippen LogP contribution in [0.2, 0.25) is 0 Å². The summed E-state index contributed by atoms with van der Waals surface area (Å²) >= 11 is 1.83. The standard InChI is InChI=1S/C16H19N3S/c1-18(2)11-6-8-15-14(9-11)17-13-7-5-12(19(3)4)10-16(13)20-15/h5-10,17H,1-4H3. The molecule has 1 aliphatic heterocycles. The van der Waals surface area contributed by atoms with Crippen molar-refractivity contribution < 1.29 is 0 Å². The monoisotopic (exact) mass is 285 g/mol. The molecule has 0 aromatic heterocycles. The van der Waals surface area contributed by atoms with Crippen LogP contribution in [0.4, 0.5) is 22.7 Å². The lowest BCUT2D eigenvalue weighted by atomic mass is 10.2. The Kier molecular flexibility index (Phi) is 3.26. The van der Waals surface area contributed by atoms with E-state index in [9.17, 15) is 0 Å². The number of nitrogens with zero attached hydrogens (tertiary/aromatic N) is 2. The first kappa shape index (κ1) is 13.2. The maximum absolute atomic E-state index is 3.54. The van der Waals surface area contributed by atoms with Crippen LogP contribution in [0.25, 0.3) is 0 Å². The van der Waals surface area contributed by atoms with E-state index in [1.54, 1.807) is 0 Å². The fraction of sp³-hybridized carbons (Fsp3) is 0.250. The summed E-state index contributed by atoms with van der Waals surface area (Å²) in [6.45, 7) is 0. The highest BCUT2D eigenvalue weighted by Gasteiger charge is 2.17. The van der Waals surface area contributed by atoms with Gasteiger partial charge in [-0.1, -0.05) is 11.8 Å². The van der Waals surface area contributed by atoms with Crippen molar-refractivity contribution >= 4 is 34.5 Å². The van der Waals surface area contributed by atoms with Crippen LogP contribution in [0.15, 0.2) is 46.2 Å². The summed E-state index contributed by atoms with van der Waals surface area (Å²) in [4.78, 5) is 6.81. The summed E-state index contributed by atoms with van der Waals surface area (Å²) in [6, 6.07) is 13.1. The van der Waals surface area contributed by atoms with Crippen molar-refractivity contribution in [2.24, 2.45) is 0 Å². The molecule has 0 amide bonds. The van der Waals surface area contributed by atoms with Gasteiger partial charge in [0.05, 0.1) is 11.4 Å². The zero-order chi connectivity index (χ0) is 14.3. The van der Waals surface area contributed by atoms with Crippen LogP contribution in [0.5, 0.6) is 0 Å². The van der Waals surface area contributed by atoms with Crippen molar-refractivity contribution in [3.8, 4) is 0 Å². The Morgan fingerprint density at radius 2 is 1.40 bits per heavy atom. The van der Waals surface area contributed by atoms with Crippen LogP contribution < -0.4 is 15.1 Å². The summed E-state index contributed by atoms with van der Waals surface area (Å²) in [6.07, 6.45) is 0. The van der Waals surface area contributed by atoms with Crippen molar-refractivity contribution in [3.63, 3.8) is 0 Å². The molecule has 0 atom stereocenters. The minimum Gasteiger partial charge on any atom is -0.378 e. The van der Waals surface area contributed by atoms with Crippen molar-refractivity contribution in [1.29, 1.82) is 0 Å². The van der Waals surface area contributed by atoms with Gasteiger partial charge in [-0.25, -0.2) is 0 Å². The van der Waals surface area contributed by atoms with Crippen LogP contribution in [-0.4, -0.2) is 28.2 Å². The van der Waals surface area contributed by atoms with Gasteiger partial charge in [0.2, 0.25) is 0 Å². The van der Waals surface area contributed by atoms with E-state index in [1.807, 2.05) is 11.8 Å². The maximum Gasteiger partial charge on any atom is 0.0547 e. The van der Waals surface area contributed by atoms with Gasteiger partial charge < -0.3 is 15.1 Å². The second-order valence-electron chi connectivity index (χ2n) is 5.38. The lowest BCUT2D eigenvalue weighted by Crippen LogP contribution is -2.11. The minimum atomic E-state index is 1.18. The van der Waals surface area contributed by atoms with E-state index in [0.29, 0.717) is 0 Å². The van der Waals surface area contributed by atoms with E-state index < -0.39 is 0 Å². The van der Waals surface area contributed by atoms with Crippen LogP contribution in [0, 0.1) is 0 Å². The Morgan fingerprint density at radius 1 is 0.750 bits per heavy atom. The number of hydrogen-bond donors (Lipinski definition) is 1. The Balaban J connectivity index is 1.97. The SMILES string of the molecule is CN(C)c1ccc2c(c1)Nc1ccc(N(C)C)cc1S2. The first-order valence-corrected chi connectivity index (χ1v) is 7.44. The molecule has 20 heavy (non-hydrogen) atoms. The maximum atomic E-state index is 3.54. The summed E-state index contributed by atoms with van der Waals surface area (Å²) in [5.74, 6) is 0. The molecular weight excluding hydrogens is 266 g/mol. The fourth-order valence-corrected chi connectivity index (χ4v) is 3.22. The molecule has 2 aromatic carbocycles. The number of anilines is 4. The lowest BCUT2D eigenvalue weighted by molar-refractivity contribution is 1.12. The average molecular weight is 285 g/mol. The predicted molar refractivity (Wildman–Crippen MR) is 88.9 cm³/mol. The zero-order valence-electron chi connectivity index (χ0n) is 12.3. The molecule has 0 saturated carbocycles. The van der Waals surface area contributed by atoms with E-state index in [0.717, 1.165) is 0 Å². The molecule has 1 aliphatic rings. The second-order valence-corrected chi connectivity index (χ2v) is 6.46. The van der Waals surface area contributed by atoms with E-state index in [2.05, 4.69) is 79.7 Å². The minimum absolute atomic E-state index is 1.18. The molecule has 0 bridgehead atoms. The molecule has 0 radical (unpaired) electrons. The highest BCUT2D eigenvalue weighted by molar-refractivity contribution is 7.99. The quantitative estimate of drug-likeness (QED) is 0.766.